The third-order valence-electron chi connectivity index (χ3n) is 3.25. The normalized spacial score (nSPS) is 11.2. The van der Waals surface area contributed by atoms with Gasteiger partial charge in [-0.05, 0) is 46.6 Å². The second kappa shape index (κ2) is 6.83. The van der Waals surface area contributed by atoms with Crippen molar-refractivity contribution in [2.24, 2.45) is 0 Å². The van der Waals surface area contributed by atoms with Crippen molar-refractivity contribution in [3.05, 3.63) is 59.0 Å². The largest absolute Gasteiger partial charge is 0.495 e. The number of pyridine rings is 1. The smallest absolute Gasteiger partial charge is 0.137 e. The van der Waals surface area contributed by atoms with Gasteiger partial charge in [-0.2, -0.15) is 0 Å². The predicted molar refractivity (Wildman–Crippen MR) is 95.8 cm³/mol. The molecular weight excluding hydrogens is 389 g/mol. The summed E-state index contributed by atoms with van der Waals surface area (Å²) in [6, 6.07) is 11.8. The molecule has 3 rings (SSSR count). The Morgan fingerprint density at radius 3 is 2.59 bits per heavy atom. The molecule has 0 amide bonds. The number of halogens is 1. The van der Waals surface area contributed by atoms with E-state index in [1.54, 1.807) is 7.11 Å². The van der Waals surface area contributed by atoms with E-state index in [0.717, 1.165) is 28.4 Å². The van der Waals surface area contributed by atoms with Gasteiger partial charge < -0.3 is 13.9 Å². The molecule has 0 spiro atoms. The van der Waals surface area contributed by atoms with Crippen molar-refractivity contribution in [3.63, 3.8) is 0 Å². The Bertz CT molecular complexity index is 794. The summed E-state index contributed by atoms with van der Waals surface area (Å²) in [7, 11) is 1.66. The number of imidazole rings is 1. The minimum absolute atomic E-state index is 0.580. The molecule has 0 bridgehead atoms. The van der Waals surface area contributed by atoms with Gasteiger partial charge in [0.05, 0.1) is 19.0 Å². The van der Waals surface area contributed by atoms with Crippen molar-refractivity contribution in [1.82, 2.24) is 9.38 Å². The zero-order valence-corrected chi connectivity index (χ0v) is 14.2. The van der Waals surface area contributed by atoms with E-state index in [9.17, 15) is 0 Å². The van der Waals surface area contributed by atoms with E-state index in [2.05, 4.69) is 27.6 Å². The molecule has 0 unspecified atom stereocenters. The molecule has 1 aromatic carbocycles. The first kappa shape index (κ1) is 14.9. The Morgan fingerprint density at radius 1 is 1.09 bits per heavy atom. The molecule has 0 saturated heterocycles. The number of benzene rings is 1. The first-order valence-corrected chi connectivity index (χ1v) is 8.06. The Balaban J connectivity index is 1.84. The second-order valence-corrected chi connectivity index (χ2v) is 5.38. The van der Waals surface area contributed by atoms with Crippen LogP contribution in [-0.4, -0.2) is 23.1 Å². The molecule has 5 heteroatoms. The fraction of sp³-hybridized carbons (Fsp3) is 0.118. The van der Waals surface area contributed by atoms with Crippen LogP contribution in [0.25, 0.3) is 16.9 Å². The van der Waals surface area contributed by atoms with Gasteiger partial charge in [0.25, 0.3) is 0 Å². The molecule has 0 N–H and O–H groups in total. The molecule has 2 aromatic heterocycles. The molecule has 2 heterocycles. The Hall–Kier alpha value is -2.02. The van der Waals surface area contributed by atoms with E-state index in [-0.39, 0.29) is 0 Å². The van der Waals surface area contributed by atoms with Gasteiger partial charge >= 0.3 is 0 Å². The van der Waals surface area contributed by atoms with Gasteiger partial charge in [-0.15, -0.1) is 0 Å². The quantitative estimate of drug-likeness (QED) is 0.594. The van der Waals surface area contributed by atoms with Crippen LogP contribution in [0.4, 0.5) is 0 Å². The number of rotatable bonds is 5. The molecule has 0 saturated carbocycles. The lowest BCUT2D eigenvalue weighted by Crippen LogP contribution is -1.92. The lowest BCUT2D eigenvalue weighted by molar-refractivity contribution is 0.363. The van der Waals surface area contributed by atoms with Crippen LogP contribution in [0.3, 0.4) is 0 Å². The predicted octanol–water partition coefficient (Wildman–Crippen LogP) is 4.34. The lowest BCUT2D eigenvalue weighted by Gasteiger charge is -2.03. The number of ether oxygens (including phenoxy) is 2. The zero-order chi connectivity index (χ0) is 15.4. The highest BCUT2D eigenvalue weighted by Crippen LogP contribution is 2.23. The molecule has 0 fully saturated rings. The number of hydrogen-bond donors (Lipinski definition) is 0. The maximum atomic E-state index is 5.59. The molecule has 0 aliphatic rings. The van der Waals surface area contributed by atoms with Crippen molar-refractivity contribution in [3.8, 4) is 22.8 Å². The Kier molecular flexibility index (Phi) is 4.62. The third kappa shape index (κ3) is 3.24. The highest BCUT2D eigenvalue weighted by molar-refractivity contribution is 14.1. The number of aromatic nitrogens is 2. The van der Waals surface area contributed by atoms with Crippen molar-refractivity contribution in [2.45, 2.75) is 0 Å². The minimum atomic E-state index is 0.580. The number of fused-ring (bicyclic) bond motifs is 1. The van der Waals surface area contributed by atoms with E-state index in [4.69, 9.17) is 9.47 Å². The molecule has 3 aromatic rings. The molecule has 112 valence electrons. The molecule has 0 aliphatic carbocycles. The van der Waals surface area contributed by atoms with E-state index in [0.29, 0.717) is 6.61 Å². The van der Waals surface area contributed by atoms with Crippen LogP contribution in [0.5, 0.6) is 11.5 Å². The molecule has 0 radical (unpaired) electrons. The van der Waals surface area contributed by atoms with Crippen LogP contribution >= 0.6 is 22.6 Å². The van der Waals surface area contributed by atoms with E-state index in [1.807, 2.05) is 63.4 Å². The number of methoxy groups -OCH3 is 1. The topological polar surface area (TPSA) is 35.8 Å². The minimum Gasteiger partial charge on any atom is -0.495 e. The maximum absolute atomic E-state index is 5.59. The average Bonchev–Trinajstić information content (AvgIpc) is 2.98. The van der Waals surface area contributed by atoms with Crippen LogP contribution in [0.15, 0.2) is 59.0 Å². The van der Waals surface area contributed by atoms with E-state index < -0.39 is 0 Å². The summed E-state index contributed by atoms with van der Waals surface area (Å²) >= 11 is 2.17. The molecule has 4 nitrogen and oxygen atoms in total. The van der Waals surface area contributed by atoms with Crippen LogP contribution in [0.1, 0.15) is 0 Å². The monoisotopic (exact) mass is 404 g/mol. The van der Waals surface area contributed by atoms with Crippen molar-refractivity contribution in [1.29, 1.82) is 0 Å². The summed E-state index contributed by atoms with van der Waals surface area (Å²) < 4.78 is 14.7. The van der Waals surface area contributed by atoms with Gasteiger partial charge in [-0.25, -0.2) is 4.98 Å². The zero-order valence-electron chi connectivity index (χ0n) is 12.1. The average molecular weight is 404 g/mol. The van der Waals surface area contributed by atoms with Gasteiger partial charge in [-0.1, -0.05) is 22.6 Å². The summed E-state index contributed by atoms with van der Waals surface area (Å²) in [5, 5.41) is 0. The van der Waals surface area contributed by atoms with Crippen LogP contribution < -0.4 is 9.47 Å². The first-order chi connectivity index (χ1) is 10.8. The summed E-state index contributed by atoms with van der Waals surface area (Å²) in [5.74, 6) is 1.66. The first-order valence-electron chi connectivity index (χ1n) is 6.81. The van der Waals surface area contributed by atoms with Gasteiger partial charge in [0.1, 0.15) is 23.8 Å². The number of nitrogens with zero attached hydrogens (tertiary/aromatic N) is 2. The van der Waals surface area contributed by atoms with Crippen LogP contribution in [-0.2, 0) is 0 Å². The van der Waals surface area contributed by atoms with Crippen LogP contribution in [0.2, 0.25) is 0 Å². The van der Waals surface area contributed by atoms with Gasteiger partial charge in [-0.3, -0.25) is 0 Å². The van der Waals surface area contributed by atoms with E-state index >= 15 is 0 Å². The SMILES string of the molecule is COc1ccc2nc(-c3ccc(OC/C=C/[125I])cc3)cn2c1. The highest BCUT2D eigenvalue weighted by atomic mass is 125. The fourth-order valence-corrected chi connectivity index (χ4v) is 2.34. The maximum Gasteiger partial charge on any atom is 0.137 e. The summed E-state index contributed by atoms with van der Waals surface area (Å²) in [4.78, 5) is 4.62. The van der Waals surface area contributed by atoms with Crippen molar-refractivity contribution in [2.75, 3.05) is 13.7 Å². The standard InChI is InChI=1S/C17H15IN2O2/c1-21-15-7-8-17-19-16(12-20(17)11-15)13-3-5-14(6-4-13)22-10-2-9-18/h2-9,11-12H,10H2,1H3/b9-2+/i18-2. The summed E-state index contributed by atoms with van der Waals surface area (Å²) in [6.07, 6.45) is 5.87. The van der Waals surface area contributed by atoms with E-state index in [1.165, 1.54) is 0 Å². The summed E-state index contributed by atoms with van der Waals surface area (Å²) in [6.45, 7) is 0.580. The number of hydrogen-bond acceptors (Lipinski definition) is 3. The Labute approximate surface area is 142 Å². The van der Waals surface area contributed by atoms with Crippen LogP contribution in [0, 0.1) is 0 Å². The highest BCUT2D eigenvalue weighted by Gasteiger charge is 2.05. The molecular formula is C17H15IN2O2. The van der Waals surface area contributed by atoms with Gasteiger partial charge in [0.15, 0.2) is 0 Å². The molecule has 0 aliphatic heterocycles. The second-order valence-electron chi connectivity index (χ2n) is 4.66. The summed E-state index contributed by atoms with van der Waals surface area (Å²) in [5.41, 5.74) is 2.87. The molecule has 0 atom stereocenters. The van der Waals surface area contributed by atoms with Crippen molar-refractivity contribution < 1.29 is 9.47 Å². The van der Waals surface area contributed by atoms with Gasteiger partial charge in [0, 0.05) is 11.8 Å². The lowest BCUT2D eigenvalue weighted by atomic mass is 10.2. The van der Waals surface area contributed by atoms with Crippen molar-refractivity contribution >= 4 is 28.2 Å². The third-order valence-corrected chi connectivity index (χ3v) is 3.75. The fourth-order valence-electron chi connectivity index (χ4n) is 2.13. The molecule has 22 heavy (non-hydrogen) atoms. The van der Waals surface area contributed by atoms with Gasteiger partial charge in [0.2, 0.25) is 0 Å². The Morgan fingerprint density at radius 2 is 1.86 bits per heavy atom.